The molecule has 1 N–H and O–H groups in total. The van der Waals surface area contributed by atoms with Crippen molar-refractivity contribution in [2.75, 3.05) is 32.7 Å². The van der Waals surface area contributed by atoms with E-state index in [4.69, 9.17) is 0 Å². The topological polar surface area (TPSA) is 69.7 Å². The molecule has 6 heteroatoms. The Morgan fingerprint density at radius 2 is 1.67 bits per heavy atom. The van der Waals surface area contributed by atoms with Crippen LogP contribution in [0.1, 0.15) is 32.1 Å². The van der Waals surface area contributed by atoms with Crippen molar-refractivity contribution < 1.29 is 14.4 Å². The molecule has 3 amide bonds. The molecule has 1 aliphatic carbocycles. The first-order valence-electron chi connectivity index (χ1n) is 7.99. The van der Waals surface area contributed by atoms with E-state index in [0.29, 0.717) is 19.6 Å². The molecule has 3 aliphatic rings. The summed E-state index contributed by atoms with van der Waals surface area (Å²) in [6.45, 7) is 2.74. The number of carbonyl (C=O) groups excluding carboxylic acids is 3. The lowest BCUT2D eigenvalue weighted by Crippen LogP contribution is -2.48. The van der Waals surface area contributed by atoms with E-state index in [9.17, 15) is 14.4 Å². The maximum Gasteiger partial charge on any atom is 0.239 e. The van der Waals surface area contributed by atoms with Crippen molar-refractivity contribution in [1.29, 1.82) is 0 Å². The highest BCUT2D eigenvalue weighted by molar-refractivity contribution is 5.87. The predicted octanol–water partition coefficient (Wildman–Crippen LogP) is -0.0165. The summed E-state index contributed by atoms with van der Waals surface area (Å²) < 4.78 is 0. The van der Waals surface area contributed by atoms with Gasteiger partial charge in [-0.2, -0.15) is 0 Å². The van der Waals surface area contributed by atoms with Crippen LogP contribution < -0.4 is 5.32 Å². The molecule has 3 rings (SSSR count). The van der Waals surface area contributed by atoms with Gasteiger partial charge in [0.05, 0.1) is 12.5 Å². The number of likely N-dealkylation sites (tertiary alicyclic amines) is 1. The minimum Gasteiger partial charge on any atom is -0.354 e. The van der Waals surface area contributed by atoms with Crippen LogP contribution in [0.3, 0.4) is 0 Å². The molecule has 0 spiro atoms. The van der Waals surface area contributed by atoms with Crippen LogP contribution in [-0.2, 0) is 14.4 Å². The third-order valence-electron chi connectivity index (χ3n) is 4.58. The summed E-state index contributed by atoms with van der Waals surface area (Å²) in [4.78, 5) is 39.9. The van der Waals surface area contributed by atoms with Gasteiger partial charge in [0.25, 0.3) is 0 Å². The lowest BCUT2D eigenvalue weighted by molar-refractivity contribution is -0.143. The molecule has 2 aliphatic heterocycles. The predicted molar refractivity (Wildman–Crippen MR) is 76.2 cm³/mol. The summed E-state index contributed by atoms with van der Waals surface area (Å²) in [6, 6.07) is 0. The average Bonchev–Trinajstić information content (AvgIpc) is 3.33. The van der Waals surface area contributed by atoms with Crippen LogP contribution in [0.2, 0.25) is 0 Å². The molecule has 0 bridgehead atoms. The van der Waals surface area contributed by atoms with E-state index in [1.165, 1.54) is 0 Å². The molecule has 2 heterocycles. The van der Waals surface area contributed by atoms with E-state index in [1.807, 2.05) is 4.90 Å². The van der Waals surface area contributed by atoms with E-state index in [1.54, 1.807) is 4.90 Å². The summed E-state index contributed by atoms with van der Waals surface area (Å²) in [5.74, 6) is 0.263. The summed E-state index contributed by atoms with van der Waals surface area (Å²) in [7, 11) is 0. The first-order chi connectivity index (χ1) is 10.1. The molecule has 1 atom stereocenters. The largest absolute Gasteiger partial charge is 0.354 e. The van der Waals surface area contributed by atoms with Gasteiger partial charge >= 0.3 is 0 Å². The second-order valence-electron chi connectivity index (χ2n) is 6.36. The van der Waals surface area contributed by atoms with Gasteiger partial charge in [0, 0.05) is 32.1 Å². The zero-order valence-electron chi connectivity index (χ0n) is 12.3. The lowest BCUT2D eigenvalue weighted by atomic mass is 9.96. The average molecular weight is 293 g/mol. The van der Waals surface area contributed by atoms with Crippen molar-refractivity contribution >= 4 is 17.7 Å². The zero-order valence-corrected chi connectivity index (χ0v) is 12.3. The normalized spacial score (nSPS) is 27.0. The summed E-state index contributed by atoms with van der Waals surface area (Å²) in [5, 5.41) is 2.79. The molecule has 0 radical (unpaired) electrons. The fourth-order valence-corrected chi connectivity index (χ4v) is 3.22. The highest BCUT2D eigenvalue weighted by Gasteiger charge is 2.37. The van der Waals surface area contributed by atoms with Crippen LogP contribution in [0, 0.1) is 11.8 Å². The Hall–Kier alpha value is -1.59. The molecule has 2 saturated heterocycles. The van der Waals surface area contributed by atoms with Crippen LogP contribution in [0.5, 0.6) is 0 Å². The smallest absolute Gasteiger partial charge is 0.239 e. The van der Waals surface area contributed by atoms with Crippen molar-refractivity contribution in [3.63, 3.8) is 0 Å². The van der Waals surface area contributed by atoms with Gasteiger partial charge in [-0.15, -0.1) is 0 Å². The van der Waals surface area contributed by atoms with Gasteiger partial charge < -0.3 is 15.1 Å². The second kappa shape index (κ2) is 6.03. The van der Waals surface area contributed by atoms with Crippen LogP contribution in [0.25, 0.3) is 0 Å². The first-order valence-corrected chi connectivity index (χ1v) is 7.99. The molecule has 1 saturated carbocycles. The minimum absolute atomic E-state index is 0.0420. The van der Waals surface area contributed by atoms with Gasteiger partial charge in [-0.3, -0.25) is 14.4 Å². The standard InChI is InChI=1S/C15H23N3O3/c19-13-10-18(8-2-6-16-13)15(21)12-3-1-7-17(9-12)14(20)11-4-5-11/h11-12H,1-10H2,(H,16,19). The fourth-order valence-electron chi connectivity index (χ4n) is 3.22. The molecule has 21 heavy (non-hydrogen) atoms. The van der Waals surface area contributed by atoms with Crippen molar-refractivity contribution in [3.05, 3.63) is 0 Å². The Balaban J connectivity index is 1.60. The van der Waals surface area contributed by atoms with Crippen molar-refractivity contribution in [2.24, 2.45) is 11.8 Å². The van der Waals surface area contributed by atoms with Gasteiger partial charge in [-0.05, 0) is 32.1 Å². The molecule has 6 nitrogen and oxygen atoms in total. The fraction of sp³-hybridized carbons (Fsp3) is 0.800. The number of hydrogen-bond donors (Lipinski definition) is 1. The summed E-state index contributed by atoms with van der Waals surface area (Å²) in [6.07, 6.45) is 4.51. The Kier molecular flexibility index (Phi) is 4.12. The van der Waals surface area contributed by atoms with E-state index in [-0.39, 0.29) is 36.1 Å². The van der Waals surface area contributed by atoms with Crippen LogP contribution in [0.15, 0.2) is 0 Å². The lowest BCUT2D eigenvalue weighted by Gasteiger charge is -2.34. The molecular weight excluding hydrogens is 270 g/mol. The third kappa shape index (κ3) is 3.36. The number of carbonyl (C=O) groups is 3. The van der Waals surface area contributed by atoms with E-state index >= 15 is 0 Å². The molecular formula is C15H23N3O3. The van der Waals surface area contributed by atoms with Crippen LogP contribution in [0.4, 0.5) is 0 Å². The number of nitrogens with one attached hydrogen (secondary N) is 1. The number of nitrogens with zero attached hydrogens (tertiary/aromatic N) is 2. The highest BCUT2D eigenvalue weighted by Crippen LogP contribution is 2.32. The minimum atomic E-state index is -0.132. The Morgan fingerprint density at radius 1 is 0.952 bits per heavy atom. The van der Waals surface area contributed by atoms with Crippen molar-refractivity contribution in [1.82, 2.24) is 15.1 Å². The molecule has 3 fully saturated rings. The second-order valence-corrected chi connectivity index (χ2v) is 6.36. The van der Waals surface area contributed by atoms with Crippen LogP contribution in [-0.4, -0.2) is 60.2 Å². The van der Waals surface area contributed by atoms with Crippen LogP contribution >= 0.6 is 0 Å². The zero-order chi connectivity index (χ0) is 14.8. The van der Waals surface area contributed by atoms with E-state index in [0.717, 1.165) is 38.6 Å². The van der Waals surface area contributed by atoms with Gasteiger partial charge in [0.1, 0.15) is 0 Å². The van der Waals surface area contributed by atoms with Gasteiger partial charge in [0.15, 0.2) is 0 Å². The molecule has 0 aromatic rings. The van der Waals surface area contributed by atoms with E-state index < -0.39 is 0 Å². The Morgan fingerprint density at radius 3 is 2.43 bits per heavy atom. The Labute approximate surface area is 124 Å². The van der Waals surface area contributed by atoms with Crippen molar-refractivity contribution in [3.8, 4) is 0 Å². The molecule has 116 valence electrons. The van der Waals surface area contributed by atoms with Gasteiger partial charge in [-0.25, -0.2) is 0 Å². The molecule has 0 aromatic carbocycles. The van der Waals surface area contributed by atoms with E-state index in [2.05, 4.69) is 5.32 Å². The SMILES string of the molecule is O=C1CN(C(=O)C2CCCN(C(=O)C3CC3)C2)CCCN1. The third-order valence-corrected chi connectivity index (χ3v) is 4.58. The number of hydrogen-bond acceptors (Lipinski definition) is 3. The number of piperidine rings is 1. The maximum absolute atomic E-state index is 12.6. The monoisotopic (exact) mass is 293 g/mol. The summed E-state index contributed by atoms with van der Waals surface area (Å²) >= 11 is 0. The summed E-state index contributed by atoms with van der Waals surface area (Å²) in [5.41, 5.74) is 0. The molecule has 1 unspecified atom stereocenters. The van der Waals surface area contributed by atoms with Crippen molar-refractivity contribution in [2.45, 2.75) is 32.1 Å². The van der Waals surface area contributed by atoms with Gasteiger partial charge in [-0.1, -0.05) is 0 Å². The highest BCUT2D eigenvalue weighted by atomic mass is 16.2. The first kappa shape index (κ1) is 14.4. The molecule has 0 aromatic heterocycles. The maximum atomic E-state index is 12.6. The number of rotatable bonds is 2. The quantitative estimate of drug-likeness (QED) is 0.778. The van der Waals surface area contributed by atoms with Gasteiger partial charge in [0.2, 0.25) is 17.7 Å². The number of amides is 3. The Bertz CT molecular complexity index is 447.